The molecule has 0 spiro atoms. The maximum Gasteiger partial charge on any atom is 0.00589 e. The average molecular weight is 302 g/mol. The Morgan fingerprint density at radius 2 is 1.64 bits per heavy atom. The first-order valence-electron chi connectivity index (χ1n) is 8.32. The largest absolute Gasteiger partial charge is 0.0855 e. The Labute approximate surface area is 132 Å². The van der Waals surface area contributed by atoms with E-state index in [2.05, 4.69) is 54.6 Å². The van der Waals surface area contributed by atoms with Crippen LogP contribution >= 0.6 is 7.53 Å². The molecule has 1 aromatic heterocycles. The summed E-state index contributed by atoms with van der Waals surface area (Å²) in [5.74, 6) is 0. The van der Waals surface area contributed by atoms with E-state index in [9.17, 15) is 0 Å². The van der Waals surface area contributed by atoms with E-state index in [1.807, 2.05) is 0 Å². The minimum atomic E-state index is -0.225. The molecule has 2 aromatic carbocycles. The van der Waals surface area contributed by atoms with E-state index in [-0.39, 0.29) is 7.53 Å². The molecule has 0 saturated heterocycles. The smallest absolute Gasteiger partial charge is 0.00589 e. The number of allylic oxidation sites excluding steroid dienone is 1. The van der Waals surface area contributed by atoms with E-state index in [0.717, 1.165) is 6.42 Å². The molecule has 108 valence electrons. The van der Waals surface area contributed by atoms with Crippen LogP contribution in [0.25, 0.3) is 21.9 Å². The third-order valence-corrected chi connectivity index (χ3v) is 7.98. The van der Waals surface area contributed by atoms with Crippen LogP contribution in [0.15, 0.2) is 48.5 Å². The summed E-state index contributed by atoms with van der Waals surface area (Å²) >= 11 is 0. The summed E-state index contributed by atoms with van der Waals surface area (Å²) in [6.07, 6.45) is 9.02. The highest BCUT2D eigenvalue weighted by molar-refractivity contribution is 7.67. The number of fused-ring (bicyclic) bond motifs is 4. The third kappa shape index (κ3) is 1.77. The molecule has 0 radical (unpaired) electrons. The van der Waals surface area contributed by atoms with Gasteiger partial charge in [0, 0.05) is 11.5 Å². The Morgan fingerprint density at radius 1 is 0.818 bits per heavy atom. The molecule has 0 nitrogen and oxygen atoms in total. The summed E-state index contributed by atoms with van der Waals surface area (Å²) in [5.41, 5.74) is 4.66. The molecule has 0 fully saturated rings. The standard InChI is InChI=1S/C21H19P/c1-2-8-16-14-17(13-15(16)7-1)22-20-11-5-3-9-18(20)19-10-4-6-12-21(19)22/h1-3,5,7-9,11,13H,4,6,10,12,14H2. The van der Waals surface area contributed by atoms with E-state index in [0.29, 0.717) is 0 Å². The number of aryl methyl sites for hydroxylation is 1. The highest BCUT2D eigenvalue weighted by Crippen LogP contribution is 2.58. The third-order valence-electron chi connectivity index (χ3n) is 5.21. The Balaban J connectivity index is 1.76. The lowest BCUT2D eigenvalue weighted by molar-refractivity contribution is 0.700. The van der Waals surface area contributed by atoms with E-state index < -0.39 is 0 Å². The Kier molecular flexibility index (Phi) is 2.81. The Morgan fingerprint density at radius 3 is 2.59 bits per heavy atom. The monoisotopic (exact) mass is 302 g/mol. The molecule has 1 unspecified atom stereocenters. The van der Waals surface area contributed by atoms with Gasteiger partial charge in [0.25, 0.3) is 0 Å². The van der Waals surface area contributed by atoms with Gasteiger partial charge in [0.2, 0.25) is 0 Å². The van der Waals surface area contributed by atoms with Crippen molar-refractivity contribution in [1.29, 1.82) is 0 Å². The van der Waals surface area contributed by atoms with Crippen molar-refractivity contribution in [2.24, 2.45) is 0 Å². The highest BCUT2D eigenvalue weighted by atomic mass is 31.1. The molecule has 1 atom stereocenters. The van der Waals surface area contributed by atoms with Crippen LogP contribution in [0.1, 0.15) is 34.8 Å². The number of benzene rings is 2. The molecule has 5 rings (SSSR count). The Bertz CT molecular complexity index is 911. The van der Waals surface area contributed by atoms with E-state index >= 15 is 0 Å². The molecule has 0 amide bonds. The van der Waals surface area contributed by atoms with Gasteiger partial charge in [-0.15, -0.1) is 0 Å². The molecule has 2 aliphatic rings. The minimum absolute atomic E-state index is 0.225. The van der Waals surface area contributed by atoms with Gasteiger partial charge in [0.1, 0.15) is 0 Å². The molecule has 2 aliphatic carbocycles. The first kappa shape index (κ1) is 12.7. The van der Waals surface area contributed by atoms with Crippen molar-refractivity contribution in [3.63, 3.8) is 0 Å². The lowest BCUT2D eigenvalue weighted by Gasteiger charge is -2.15. The predicted molar refractivity (Wildman–Crippen MR) is 97.6 cm³/mol. The van der Waals surface area contributed by atoms with Crippen molar-refractivity contribution in [2.45, 2.75) is 32.1 Å². The second-order valence-electron chi connectivity index (χ2n) is 6.50. The van der Waals surface area contributed by atoms with Crippen LogP contribution in [0.3, 0.4) is 0 Å². The molecule has 0 aliphatic heterocycles. The van der Waals surface area contributed by atoms with Crippen LogP contribution in [0.5, 0.6) is 0 Å². The Hall–Kier alpha value is -1.78. The SMILES string of the molecule is C1=C(p2c3c(c4ccccc42)CCCC3)Cc2ccccc21. The average Bonchev–Trinajstić information content (AvgIpc) is 3.13. The maximum atomic E-state index is 2.49. The van der Waals surface area contributed by atoms with Crippen LogP contribution < -0.4 is 0 Å². The summed E-state index contributed by atoms with van der Waals surface area (Å²) < 4.78 is 0. The quantitative estimate of drug-likeness (QED) is 0.497. The van der Waals surface area contributed by atoms with Crippen molar-refractivity contribution in [3.05, 3.63) is 70.5 Å². The molecule has 0 saturated carbocycles. The van der Waals surface area contributed by atoms with Gasteiger partial charge >= 0.3 is 0 Å². The summed E-state index contributed by atoms with van der Waals surface area (Å²) in [4.78, 5) is 0. The van der Waals surface area contributed by atoms with Gasteiger partial charge < -0.3 is 0 Å². The first-order valence-corrected chi connectivity index (χ1v) is 9.66. The van der Waals surface area contributed by atoms with Gasteiger partial charge in [-0.1, -0.05) is 56.1 Å². The lowest BCUT2D eigenvalue weighted by atomic mass is 9.96. The van der Waals surface area contributed by atoms with Gasteiger partial charge in [-0.3, -0.25) is 0 Å². The molecule has 22 heavy (non-hydrogen) atoms. The summed E-state index contributed by atoms with van der Waals surface area (Å²) in [6, 6.07) is 18.1. The second-order valence-corrected chi connectivity index (χ2v) is 8.76. The predicted octanol–water partition coefficient (Wildman–Crippen LogP) is 6.26. The van der Waals surface area contributed by atoms with Gasteiger partial charge in [-0.2, -0.15) is 0 Å². The fourth-order valence-corrected chi connectivity index (χ4v) is 7.34. The molecular formula is C21H19P. The topological polar surface area (TPSA) is 0 Å². The molecule has 0 N–H and O–H groups in total. The lowest BCUT2D eigenvalue weighted by Crippen LogP contribution is -1.98. The maximum absolute atomic E-state index is 2.49. The fraction of sp³-hybridized carbons (Fsp3) is 0.238. The number of hydrogen-bond donors (Lipinski definition) is 0. The van der Waals surface area contributed by atoms with Crippen LogP contribution in [0, 0.1) is 0 Å². The van der Waals surface area contributed by atoms with Crippen LogP contribution in [-0.4, -0.2) is 0 Å². The van der Waals surface area contributed by atoms with E-state index in [1.165, 1.54) is 36.8 Å². The van der Waals surface area contributed by atoms with Crippen molar-refractivity contribution in [2.75, 3.05) is 0 Å². The molecule has 1 heterocycles. The molecule has 3 aromatic rings. The summed E-state index contributed by atoms with van der Waals surface area (Å²) in [5, 5.41) is 6.67. The molecule has 0 bridgehead atoms. The highest BCUT2D eigenvalue weighted by Gasteiger charge is 2.24. The van der Waals surface area contributed by atoms with Crippen LogP contribution in [0.4, 0.5) is 0 Å². The van der Waals surface area contributed by atoms with E-state index in [4.69, 9.17) is 0 Å². The second kappa shape index (κ2) is 4.86. The summed E-state index contributed by atoms with van der Waals surface area (Å²) in [6.45, 7) is 0. The zero-order chi connectivity index (χ0) is 14.5. The van der Waals surface area contributed by atoms with Crippen molar-refractivity contribution >= 4 is 29.4 Å². The normalized spacial score (nSPS) is 17.3. The van der Waals surface area contributed by atoms with Gasteiger partial charge in [0.05, 0.1) is 0 Å². The summed E-state index contributed by atoms with van der Waals surface area (Å²) in [7, 11) is -0.225. The minimum Gasteiger partial charge on any atom is -0.0855 e. The molecule has 1 heteroatoms. The number of hydrogen-bond acceptors (Lipinski definition) is 0. The van der Waals surface area contributed by atoms with Crippen molar-refractivity contribution in [3.8, 4) is 0 Å². The van der Waals surface area contributed by atoms with Gasteiger partial charge in [-0.25, -0.2) is 0 Å². The zero-order valence-electron chi connectivity index (χ0n) is 12.7. The molecular weight excluding hydrogens is 283 g/mol. The van der Waals surface area contributed by atoms with Gasteiger partial charge in [-0.05, 0) is 64.4 Å². The van der Waals surface area contributed by atoms with Gasteiger partial charge in [0.15, 0.2) is 0 Å². The first-order chi connectivity index (χ1) is 10.9. The van der Waals surface area contributed by atoms with Crippen molar-refractivity contribution in [1.82, 2.24) is 0 Å². The number of rotatable bonds is 1. The van der Waals surface area contributed by atoms with Crippen LogP contribution in [-0.2, 0) is 19.3 Å². The zero-order valence-corrected chi connectivity index (χ0v) is 13.6. The van der Waals surface area contributed by atoms with Crippen molar-refractivity contribution < 1.29 is 0 Å². The fourth-order valence-electron chi connectivity index (χ4n) is 4.23. The van der Waals surface area contributed by atoms with E-state index in [1.54, 1.807) is 26.7 Å². The van der Waals surface area contributed by atoms with Crippen LogP contribution in [0.2, 0.25) is 0 Å².